The van der Waals surface area contributed by atoms with Gasteiger partial charge in [0.15, 0.2) is 0 Å². The first-order valence-corrected chi connectivity index (χ1v) is 10.4. The van der Waals surface area contributed by atoms with E-state index in [0.29, 0.717) is 36.7 Å². The molecule has 0 aliphatic carbocycles. The molecule has 5 heteroatoms. The zero-order valence-electron chi connectivity index (χ0n) is 15.2. The molecule has 0 bridgehead atoms. The Kier molecular flexibility index (Phi) is 5.17. The number of rotatable bonds is 4. The van der Waals surface area contributed by atoms with Crippen molar-refractivity contribution >= 4 is 10.0 Å². The van der Waals surface area contributed by atoms with Crippen LogP contribution in [0.5, 0.6) is 0 Å². The van der Waals surface area contributed by atoms with Gasteiger partial charge < -0.3 is 0 Å². The number of hydrogen-bond donors (Lipinski definition) is 0. The van der Waals surface area contributed by atoms with Crippen LogP contribution in [0, 0.1) is 11.3 Å². The molecule has 2 aromatic carbocycles. The van der Waals surface area contributed by atoms with E-state index in [4.69, 9.17) is 0 Å². The van der Waals surface area contributed by atoms with Crippen molar-refractivity contribution < 1.29 is 8.42 Å². The van der Waals surface area contributed by atoms with Crippen LogP contribution in [0.15, 0.2) is 59.5 Å². The standard InChI is InChI=1S/C21H24N2O2S/c1-17(2)18-8-10-20(11-9-18)26(24,25)23-14-12-21(16-22,13-15-23)19-6-4-3-5-7-19/h3-11,17H,12-15H2,1-2H3. The second-order valence-corrected chi connectivity index (χ2v) is 9.13. The van der Waals surface area contributed by atoms with Gasteiger partial charge in [0, 0.05) is 13.1 Å². The maximum absolute atomic E-state index is 12.9. The van der Waals surface area contributed by atoms with Gasteiger partial charge in [0.25, 0.3) is 0 Å². The van der Waals surface area contributed by atoms with Gasteiger partial charge in [0.1, 0.15) is 0 Å². The Morgan fingerprint density at radius 3 is 2.08 bits per heavy atom. The van der Waals surface area contributed by atoms with Crippen molar-refractivity contribution in [2.75, 3.05) is 13.1 Å². The van der Waals surface area contributed by atoms with E-state index in [1.807, 2.05) is 42.5 Å². The molecular weight excluding hydrogens is 344 g/mol. The minimum absolute atomic E-state index is 0.325. The van der Waals surface area contributed by atoms with E-state index >= 15 is 0 Å². The molecule has 0 atom stereocenters. The lowest BCUT2D eigenvalue weighted by Crippen LogP contribution is -2.44. The first-order chi connectivity index (χ1) is 12.4. The van der Waals surface area contributed by atoms with Crippen LogP contribution in [0.3, 0.4) is 0 Å². The molecule has 0 N–H and O–H groups in total. The summed E-state index contributed by atoms with van der Waals surface area (Å²) in [6, 6.07) is 19.3. The van der Waals surface area contributed by atoms with E-state index in [2.05, 4.69) is 19.9 Å². The minimum Gasteiger partial charge on any atom is -0.207 e. The summed E-state index contributed by atoms with van der Waals surface area (Å²) in [5.41, 5.74) is 1.49. The first-order valence-electron chi connectivity index (χ1n) is 8.96. The normalized spacial score (nSPS) is 17.8. The van der Waals surface area contributed by atoms with Crippen LogP contribution in [0.2, 0.25) is 0 Å². The van der Waals surface area contributed by atoms with E-state index in [1.54, 1.807) is 12.1 Å². The molecule has 1 aliphatic rings. The lowest BCUT2D eigenvalue weighted by molar-refractivity contribution is 0.277. The van der Waals surface area contributed by atoms with Crippen LogP contribution >= 0.6 is 0 Å². The second kappa shape index (κ2) is 7.22. The van der Waals surface area contributed by atoms with Crippen LogP contribution in [0.1, 0.15) is 43.7 Å². The lowest BCUT2D eigenvalue weighted by Gasteiger charge is -2.37. The van der Waals surface area contributed by atoms with Crippen molar-refractivity contribution in [2.24, 2.45) is 0 Å². The third-order valence-corrected chi connectivity index (χ3v) is 7.21. The Morgan fingerprint density at radius 2 is 1.58 bits per heavy atom. The zero-order valence-corrected chi connectivity index (χ0v) is 16.0. The van der Waals surface area contributed by atoms with Crippen molar-refractivity contribution in [1.29, 1.82) is 5.26 Å². The molecule has 1 fully saturated rings. The van der Waals surface area contributed by atoms with Crippen molar-refractivity contribution in [3.63, 3.8) is 0 Å². The lowest BCUT2D eigenvalue weighted by atomic mass is 9.74. The van der Waals surface area contributed by atoms with Gasteiger partial charge in [-0.05, 0) is 42.0 Å². The summed E-state index contributed by atoms with van der Waals surface area (Å²) in [5.74, 6) is 0.365. The highest BCUT2D eigenvalue weighted by molar-refractivity contribution is 7.89. The van der Waals surface area contributed by atoms with Crippen molar-refractivity contribution in [2.45, 2.75) is 42.9 Å². The predicted octanol–water partition coefficient (Wildman–Crippen LogP) is 4.06. The van der Waals surface area contributed by atoms with E-state index in [-0.39, 0.29) is 0 Å². The third kappa shape index (κ3) is 3.40. The van der Waals surface area contributed by atoms with Gasteiger partial charge in [0.2, 0.25) is 10.0 Å². The van der Waals surface area contributed by atoms with Gasteiger partial charge in [-0.15, -0.1) is 0 Å². The average Bonchev–Trinajstić information content (AvgIpc) is 2.68. The Hall–Kier alpha value is -2.16. The molecular formula is C21H24N2O2S. The topological polar surface area (TPSA) is 61.2 Å². The Morgan fingerprint density at radius 1 is 1.00 bits per heavy atom. The van der Waals surface area contributed by atoms with Crippen LogP contribution < -0.4 is 0 Å². The monoisotopic (exact) mass is 368 g/mol. The summed E-state index contributed by atoms with van der Waals surface area (Å²) in [5, 5.41) is 9.77. The van der Waals surface area contributed by atoms with E-state index < -0.39 is 15.4 Å². The van der Waals surface area contributed by atoms with Gasteiger partial charge in [-0.25, -0.2) is 8.42 Å². The number of hydrogen-bond acceptors (Lipinski definition) is 3. The number of benzene rings is 2. The molecule has 4 nitrogen and oxygen atoms in total. The average molecular weight is 369 g/mol. The maximum Gasteiger partial charge on any atom is 0.243 e. The molecule has 0 amide bonds. The van der Waals surface area contributed by atoms with Gasteiger partial charge >= 0.3 is 0 Å². The molecule has 0 spiro atoms. The number of sulfonamides is 1. The highest BCUT2D eigenvalue weighted by atomic mass is 32.2. The Labute approximate surface area is 156 Å². The predicted molar refractivity (Wildman–Crippen MR) is 102 cm³/mol. The summed E-state index contributed by atoms with van der Waals surface area (Å²) in [6.45, 7) is 4.88. The van der Waals surface area contributed by atoms with Crippen molar-refractivity contribution in [3.05, 3.63) is 65.7 Å². The highest BCUT2D eigenvalue weighted by Gasteiger charge is 2.39. The van der Waals surface area contributed by atoms with E-state index in [0.717, 1.165) is 11.1 Å². The number of nitrogens with zero attached hydrogens (tertiary/aromatic N) is 2. The van der Waals surface area contributed by atoms with Crippen molar-refractivity contribution in [3.8, 4) is 6.07 Å². The molecule has 0 saturated carbocycles. The smallest absolute Gasteiger partial charge is 0.207 e. The molecule has 3 rings (SSSR count). The summed E-state index contributed by atoms with van der Waals surface area (Å²) in [4.78, 5) is 0.325. The summed E-state index contributed by atoms with van der Waals surface area (Å²) in [7, 11) is -3.52. The van der Waals surface area contributed by atoms with Gasteiger partial charge in [0.05, 0.1) is 16.4 Å². The summed E-state index contributed by atoms with van der Waals surface area (Å²) in [6.07, 6.45) is 1.02. The van der Waals surface area contributed by atoms with Crippen LogP contribution in [-0.2, 0) is 15.4 Å². The Balaban J connectivity index is 1.79. The molecule has 1 aliphatic heterocycles. The van der Waals surface area contributed by atoms with Gasteiger partial charge in [-0.2, -0.15) is 9.57 Å². The SMILES string of the molecule is CC(C)c1ccc(S(=O)(=O)N2CCC(C#N)(c3ccccc3)CC2)cc1. The highest BCUT2D eigenvalue weighted by Crippen LogP contribution is 2.36. The van der Waals surface area contributed by atoms with E-state index in [9.17, 15) is 13.7 Å². The first kappa shape index (κ1) is 18.6. The largest absolute Gasteiger partial charge is 0.243 e. The van der Waals surface area contributed by atoms with Crippen molar-refractivity contribution in [1.82, 2.24) is 4.31 Å². The summed E-state index contributed by atoms with van der Waals surface area (Å²) < 4.78 is 27.4. The molecule has 1 saturated heterocycles. The summed E-state index contributed by atoms with van der Waals surface area (Å²) >= 11 is 0. The van der Waals surface area contributed by atoms with E-state index in [1.165, 1.54) is 4.31 Å². The quantitative estimate of drug-likeness (QED) is 0.818. The van der Waals surface area contributed by atoms with Crippen LogP contribution in [-0.4, -0.2) is 25.8 Å². The third-order valence-electron chi connectivity index (χ3n) is 5.30. The molecule has 136 valence electrons. The number of piperidine rings is 1. The molecule has 1 heterocycles. The van der Waals surface area contributed by atoms with Gasteiger partial charge in [-0.3, -0.25) is 0 Å². The van der Waals surface area contributed by atoms with Gasteiger partial charge in [-0.1, -0.05) is 56.3 Å². The van der Waals surface area contributed by atoms with Crippen LogP contribution in [0.25, 0.3) is 0 Å². The second-order valence-electron chi connectivity index (χ2n) is 7.19. The molecule has 0 unspecified atom stereocenters. The Bertz CT molecular complexity index is 889. The van der Waals surface area contributed by atoms with Crippen LogP contribution in [0.4, 0.5) is 0 Å². The molecule has 26 heavy (non-hydrogen) atoms. The minimum atomic E-state index is -3.52. The molecule has 2 aromatic rings. The fraction of sp³-hybridized carbons (Fsp3) is 0.381. The maximum atomic E-state index is 12.9. The molecule has 0 aromatic heterocycles. The fourth-order valence-electron chi connectivity index (χ4n) is 3.50. The zero-order chi connectivity index (χ0) is 18.8. The fourth-order valence-corrected chi connectivity index (χ4v) is 4.95. The molecule has 0 radical (unpaired) electrons. The number of nitriles is 1.